The number of amides is 2. The highest BCUT2D eigenvalue weighted by molar-refractivity contribution is 7.17. The normalized spacial score (nSPS) is 16.4. The first-order valence-corrected chi connectivity index (χ1v) is 11.2. The topological polar surface area (TPSA) is 76.6 Å². The molecule has 1 unspecified atom stereocenters. The summed E-state index contributed by atoms with van der Waals surface area (Å²) in [4.78, 5) is 44.4. The van der Waals surface area contributed by atoms with Crippen LogP contribution in [0, 0.1) is 18.6 Å². The molecule has 1 aromatic heterocycles. The number of benzene rings is 2. The van der Waals surface area contributed by atoms with Crippen molar-refractivity contribution in [2.45, 2.75) is 32.3 Å². The van der Waals surface area contributed by atoms with E-state index < -0.39 is 29.7 Å². The number of likely N-dealkylation sites (tertiary alicyclic amines) is 1. The lowest BCUT2D eigenvalue weighted by atomic mass is 10.1. The molecule has 9 heteroatoms. The maximum absolute atomic E-state index is 13.2. The second kappa shape index (κ2) is 9.58. The summed E-state index contributed by atoms with van der Waals surface area (Å²) in [5.41, 5.74) is 1.27. The van der Waals surface area contributed by atoms with Crippen molar-refractivity contribution in [1.29, 1.82) is 0 Å². The molecule has 0 N–H and O–H groups in total. The van der Waals surface area contributed by atoms with Crippen LogP contribution in [-0.2, 0) is 9.53 Å². The molecule has 0 bridgehead atoms. The Labute approximate surface area is 192 Å². The van der Waals surface area contributed by atoms with Crippen molar-refractivity contribution >= 4 is 29.1 Å². The number of ether oxygens (including phenoxy) is 1. The van der Waals surface area contributed by atoms with Gasteiger partial charge >= 0.3 is 5.97 Å². The van der Waals surface area contributed by atoms with Crippen LogP contribution >= 0.6 is 11.3 Å². The zero-order valence-electron chi connectivity index (χ0n) is 17.7. The number of aromatic nitrogens is 1. The molecule has 0 spiro atoms. The van der Waals surface area contributed by atoms with Gasteiger partial charge in [0.1, 0.15) is 21.5 Å². The minimum atomic E-state index is -1.11. The number of nitrogens with zero attached hydrogens (tertiary/aromatic N) is 2. The van der Waals surface area contributed by atoms with E-state index >= 15 is 0 Å². The van der Waals surface area contributed by atoms with Crippen LogP contribution in [0.15, 0.2) is 48.5 Å². The number of hydrogen-bond donors (Lipinski definition) is 0. The second-order valence-corrected chi connectivity index (χ2v) is 8.63. The van der Waals surface area contributed by atoms with Gasteiger partial charge in [-0.3, -0.25) is 14.5 Å². The standard InChI is InChI=1S/C24H20F2N2O4S/c1-14-20(33-21(27-14)15-5-9-17(25)10-6-15)24(31)32-19-4-2-3-13-28(23(19)30)22(29)16-7-11-18(26)12-8-16/h5-12,19H,2-4,13H2,1H3. The van der Waals surface area contributed by atoms with Gasteiger partial charge in [0.05, 0.1) is 5.69 Å². The third kappa shape index (κ3) is 4.98. The lowest BCUT2D eigenvalue weighted by Crippen LogP contribution is -2.43. The molecule has 4 rings (SSSR count). The molecule has 6 nitrogen and oxygen atoms in total. The predicted molar refractivity (Wildman–Crippen MR) is 118 cm³/mol. The minimum Gasteiger partial charge on any atom is -0.448 e. The van der Waals surface area contributed by atoms with Gasteiger partial charge in [0.2, 0.25) is 0 Å². The van der Waals surface area contributed by atoms with E-state index in [9.17, 15) is 23.2 Å². The summed E-state index contributed by atoms with van der Waals surface area (Å²) in [5, 5.41) is 0.528. The third-order valence-electron chi connectivity index (χ3n) is 5.30. The van der Waals surface area contributed by atoms with E-state index in [-0.39, 0.29) is 22.8 Å². The van der Waals surface area contributed by atoms with Crippen LogP contribution in [0.3, 0.4) is 0 Å². The Balaban J connectivity index is 1.51. The van der Waals surface area contributed by atoms with Crippen LogP contribution in [-0.4, -0.2) is 40.3 Å². The fourth-order valence-electron chi connectivity index (χ4n) is 3.55. The fourth-order valence-corrected chi connectivity index (χ4v) is 4.51. The molecule has 1 saturated heterocycles. The maximum atomic E-state index is 13.2. The Morgan fingerprint density at radius 3 is 2.33 bits per heavy atom. The maximum Gasteiger partial charge on any atom is 0.351 e. The van der Waals surface area contributed by atoms with Gasteiger partial charge in [-0.05, 0) is 74.7 Å². The van der Waals surface area contributed by atoms with E-state index in [0.29, 0.717) is 35.5 Å². The highest BCUT2D eigenvalue weighted by Gasteiger charge is 2.35. The molecule has 1 fully saturated rings. The molecule has 0 radical (unpaired) electrons. The number of hydrogen-bond acceptors (Lipinski definition) is 6. The summed E-state index contributed by atoms with van der Waals surface area (Å²) >= 11 is 1.09. The summed E-state index contributed by atoms with van der Waals surface area (Å²) in [6.07, 6.45) is 0.348. The monoisotopic (exact) mass is 470 g/mol. The van der Waals surface area contributed by atoms with E-state index in [2.05, 4.69) is 4.98 Å². The molecule has 0 saturated carbocycles. The summed E-state index contributed by atoms with van der Waals surface area (Å²) in [6, 6.07) is 10.7. The van der Waals surface area contributed by atoms with E-state index in [1.807, 2.05) is 0 Å². The van der Waals surface area contributed by atoms with Crippen molar-refractivity contribution in [1.82, 2.24) is 9.88 Å². The van der Waals surface area contributed by atoms with Gasteiger partial charge in [0.15, 0.2) is 6.10 Å². The Bertz CT molecular complexity index is 1190. The molecular weight excluding hydrogens is 450 g/mol. The minimum absolute atomic E-state index is 0.180. The summed E-state index contributed by atoms with van der Waals surface area (Å²) in [6.45, 7) is 1.84. The quantitative estimate of drug-likeness (QED) is 0.405. The number of halogens is 2. The molecule has 2 aromatic carbocycles. The largest absolute Gasteiger partial charge is 0.448 e. The van der Waals surface area contributed by atoms with Crippen molar-refractivity contribution in [3.05, 3.63) is 76.3 Å². The smallest absolute Gasteiger partial charge is 0.351 e. The van der Waals surface area contributed by atoms with Gasteiger partial charge in [-0.15, -0.1) is 11.3 Å². The van der Waals surface area contributed by atoms with Gasteiger partial charge in [0.25, 0.3) is 11.8 Å². The SMILES string of the molecule is Cc1nc(-c2ccc(F)cc2)sc1C(=O)OC1CCCCN(C(=O)c2ccc(F)cc2)C1=O. The highest BCUT2D eigenvalue weighted by Crippen LogP contribution is 2.29. The van der Waals surface area contributed by atoms with Gasteiger partial charge in [-0.25, -0.2) is 18.6 Å². The molecule has 1 atom stereocenters. The zero-order chi connectivity index (χ0) is 23.5. The molecular formula is C24H20F2N2O4S. The highest BCUT2D eigenvalue weighted by atomic mass is 32.1. The molecule has 2 heterocycles. The number of rotatable bonds is 4. The summed E-state index contributed by atoms with van der Waals surface area (Å²) in [7, 11) is 0. The van der Waals surface area contributed by atoms with Crippen LogP contribution < -0.4 is 0 Å². The first-order chi connectivity index (χ1) is 15.8. The summed E-state index contributed by atoms with van der Waals surface area (Å²) in [5.74, 6) is -2.72. The van der Waals surface area contributed by atoms with Gasteiger partial charge in [-0.2, -0.15) is 0 Å². The average molecular weight is 470 g/mol. The second-order valence-electron chi connectivity index (χ2n) is 7.63. The first kappa shape index (κ1) is 22.7. The number of imide groups is 1. The van der Waals surface area contributed by atoms with E-state index in [1.54, 1.807) is 19.1 Å². The Hall–Kier alpha value is -3.46. The molecule has 1 aliphatic rings. The van der Waals surface area contributed by atoms with Crippen molar-refractivity contribution in [2.75, 3.05) is 6.54 Å². The zero-order valence-corrected chi connectivity index (χ0v) is 18.5. The Morgan fingerprint density at radius 2 is 1.67 bits per heavy atom. The number of carbonyl (C=O) groups excluding carboxylic acids is 3. The van der Waals surface area contributed by atoms with Crippen LogP contribution in [0.2, 0.25) is 0 Å². The van der Waals surface area contributed by atoms with E-state index in [4.69, 9.17) is 4.74 Å². The van der Waals surface area contributed by atoms with Crippen LogP contribution in [0.1, 0.15) is 45.0 Å². The van der Waals surface area contributed by atoms with E-state index in [1.165, 1.54) is 24.3 Å². The van der Waals surface area contributed by atoms with Crippen LogP contribution in [0.25, 0.3) is 10.6 Å². The summed E-state index contributed by atoms with van der Waals surface area (Å²) < 4.78 is 31.9. The molecule has 3 aromatic rings. The molecule has 170 valence electrons. The average Bonchev–Trinajstić information content (AvgIpc) is 3.10. The number of esters is 1. The van der Waals surface area contributed by atoms with Crippen molar-refractivity contribution in [2.24, 2.45) is 0 Å². The van der Waals surface area contributed by atoms with Crippen molar-refractivity contribution < 1.29 is 27.9 Å². The first-order valence-electron chi connectivity index (χ1n) is 10.4. The molecule has 2 amide bonds. The fraction of sp³-hybridized carbons (Fsp3) is 0.250. The molecule has 33 heavy (non-hydrogen) atoms. The van der Waals surface area contributed by atoms with Crippen LogP contribution in [0.5, 0.6) is 0 Å². The van der Waals surface area contributed by atoms with Crippen molar-refractivity contribution in [3.8, 4) is 10.6 Å². The predicted octanol–water partition coefficient (Wildman–Crippen LogP) is 4.78. The third-order valence-corrected chi connectivity index (χ3v) is 6.48. The number of thiazole rings is 1. The lowest BCUT2D eigenvalue weighted by molar-refractivity contribution is -0.137. The molecule has 1 aliphatic heterocycles. The molecule has 0 aliphatic carbocycles. The number of carbonyl (C=O) groups is 3. The van der Waals surface area contributed by atoms with Crippen molar-refractivity contribution in [3.63, 3.8) is 0 Å². The van der Waals surface area contributed by atoms with E-state index in [0.717, 1.165) is 28.4 Å². The van der Waals surface area contributed by atoms with Gasteiger partial charge < -0.3 is 4.74 Å². The lowest BCUT2D eigenvalue weighted by Gasteiger charge is -2.22. The Kier molecular flexibility index (Phi) is 6.60. The van der Waals surface area contributed by atoms with Gasteiger partial charge in [0, 0.05) is 17.7 Å². The number of aryl methyl sites for hydroxylation is 1. The Morgan fingerprint density at radius 1 is 1.03 bits per heavy atom. The van der Waals surface area contributed by atoms with Crippen LogP contribution in [0.4, 0.5) is 8.78 Å². The van der Waals surface area contributed by atoms with Gasteiger partial charge in [-0.1, -0.05) is 0 Å².